The minimum atomic E-state index is 0.525. The summed E-state index contributed by atoms with van der Waals surface area (Å²) in [5.41, 5.74) is 0. The molecule has 0 spiro atoms. The van der Waals surface area contributed by atoms with Gasteiger partial charge < -0.3 is 5.32 Å². The van der Waals surface area contributed by atoms with Crippen LogP contribution < -0.4 is 5.32 Å². The van der Waals surface area contributed by atoms with Gasteiger partial charge in [-0.05, 0) is 20.4 Å². The van der Waals surface area contributed by atoms with Crippen molar-refractivity contribution in [2.75, 3.05) is 7.05 Å². The molecule has 0 rings (SSSR count). The third-order valence-electron chi connectivity index (χ3n) is 1.34. The Morgan fingerprint density at radius 3 is 2.67 bits per heavy atom. The van der Waals surface area contributed by atoms with Crippen LogP contribution >= 0.6 is 0 Å². The van der Waals surface area contributed by atoms with E-state index in [-0.39, 0.29) is 0 Å². The summed E-state index contributed by atoms with van der Waals surface area (Å²) in [5, 5.41) is 3.14. The fourth-order valence-electron chi connectivity index (χ4n) is 0.563. The Hall–Kier alpha value is -0.300. The van der Waals surface area contributed by atoms with Gasteiger partial charge in [-0.3, -0.25) is 0 Å². The summed E-state index contributed by atoms with van der Waals surface area (Å²) in [6, 6.07) is 0.525. The number of rotatable bonds is 4. The second kappa shape index (κ2) is 5.83. The molecule has 1 atom stereocenters. The number of nitrogens with one attached hydrogen (secondary N) is 1. The molecule has 9 heavy (non-hydrogen) atoms. The highest BCUT2D eigenvalue weighted by Crippen LogP contribution is 1.90. The topological polar surface area (TPSA) is 12.0 Å². The molecule has 0 bridgehead atoms. The predicted octanol–water partition coefficient (Wildman–Crippen LogP) is 1.95. The molecule has 0 aliphatic carbocycles. The van der Waals surface area contributed by atoms with E-state index in [0.717, 1.165) is 0 Å². The molecule has 0 saturated carbocycles. The molecule has 0 aliphatic heterocycles. The molecule has 1 unspecified atom stereocenters. The molecule has 1 nitrogen and oxygen atoms in total. The van der Waals surface area contributed by atoms with Crippen molar-refractivity contribution < 1.29 is 0 Å². The Balaban J connectivity index is 3.20. The van der Waals surface area contributed by atoms with Crippen molar-refractivity contribution in [1.29, 1.82) is 0 Å². The lowest BCUT2D eigenvalue weighted by Gasteiger charge is -2.00. The molecule has 0 saturated heterocycles. The van der Waals surface area contributed by atoms with Crippen molar-refractivity contribution in [2.45, 2.75) is 32.7 Å². The van der Waals surface area contributed by atoms with Crippen LogP contribution in [-0.4, -0.2) is 13.1 Å². The zero-order valence-electron chi connectivity index (χ0n) is 6.65. The summed E-state index contributed by atoms with van der Waals surface area (Å²) in [7, 11) is 1.97. The van der Waals surface area contributed by atoms with Crippen LogP contribution in [0.3, 0.4) is 0 Å². The molecule has 1 N–H and O–H groups in total. The van der Waals surface area contributed by atoms with Gasteiger partial charge in [0.25, 0.3) is 0 Å². The number of unbranched alkanes of at least 4 members (excludes halogenated alkanes) is 1. The van der Waals surface area contributed by atoms with E-state index in [1.807, 2.05) is 7.05 Å². The van der Waals surface area contributed by atoms with Gasteiger partial charge in [-0.1, -0.05) is 25.5 Å². The maximum atomic E-state index is 3.14. The standard InChI is InChI=1S/C8H17N/c1-4-5-6-7-8(2)9-3/h6-9H,4-5H2,1-3H3/b7-6-. The average molecular weight is 127 g/mol. The first kappa shape index (κ1) is 8.70. The van der Waals surface area contributed by atoms with Crippen molar-refractivity contribution >= 4 is 0 Å². The van der Waals surface area contributed by atoms with E-state index in [1.54, 1.807) is 0 Å². The Bertz CT molecular complexity index is 76.6. The number of hydrogen-bond acceptors (Lipinski definition) is 1. The number of allylic oxidation sites excluding steroid dienone is 1. The lowest BCUT2D eigenvalue weighted by molar-refractivity contribution is 0.725. The lowest BCUT2D eigenvalue weighted by Crippen LogP contribution is -2.17. The first-order chi connectivity index (χ1) is 4.31. The smallest absolute Gasteiger partial charge is 0.0218 e. The maximum Gasteiger partial charge on any atom is 0.0218 e. The lowest BCUT2D eigenvalue weighted by atomic mass is 10.2. The predicted molar refractivity (Wildman–Crippen MR) is 42.6 cm³/mol. The molecule has 1 heteroatoms. The van der Waals surface area contributed by atoms with Crippen LogP contribution in [0.4, 0.5) is 0 Å². The summed E-state index contributed by atoms with van der Waals surface area (Å²) >= 11 is 0. The second-order valence-corrected chi connectivity index (χ2v) is 2.29. The van der Waals surface area contributed by atoms with Gasteiger partial charge in [0.05, 0.1) is 0 Å². The van der Waals surface area contributed by atoms with E-state index in [2.05, 4.69) is 31.3 Å². The Morgan fingerprint density at radius 1 is 1.56 bits per heavy atom. The van der Waals surface area contributed by atoms with E-state index in [4.69, 9.17) is 0 Å². The van der Waals surface area contributed by atoms with Gasteiger partial charge in [-0.25, -0.2) is 0 Å². The summed E-state index contributed by atoms with van der Waals surface area (Å²) < 4.78 is 0. The second-order valence-electron chi connectivity index (χ2n) is 2.29. The summed E-state index contributed by atoms with van der Waals surface area (Å²) in [6.45, 7) is 4.33. The normalized spacial score (nSPS) is 14.6. The molecule has 0 aromatic heterocycles. The number of likely N-dealkylation sites (N-methyl/N-ethyl adjacent to an activating group) is 1. The molecule has 0 radical (unpaired) electrons. The first-order valence-electron chi connectivity index (χ1n) is 3.65. The summed E-state index contributed by atoms with van der Waals surface area (Å²) in [6.07, 6.45) is 6.86. The molecule has 0 aromatic rings. The molecule has 0 aliphatic rings. The minimum absolute atomic E-state index is 0.525. The van der Waals surface area contributed by atoms with Crippen LogP contribution in [0.2, 0.25) is 0 Å². The van der Waals surface area contributed by atoms with Crippen LogP contribution in [0.15, 0.2) is 12.2 Å². The zero-order chi connectivity index (χ0) is 7.11. The summed E-state index contributed by atoms with van der Waals surface area (Å²) in [5.74, 6) is 0. The molecule has 0 heterocycles. The quantitative estimate of drug-likeness (QED) is 0.569. The van der Waals surface area contributed by atoms with Gasteiger partial charge in [0.15, 0.2) is 0 Å². The fourth-order valence-corrected chi connectivity index (χ4v) is 0.563. The highest BCUT2D eigenvalue weighted by molar-refractivity contribution is 4.89. The molecular formula is C8H17N. The molecule has 0 aromatic carbocycles. The Kier molecular flexibility index (Phi) is 5.64. The van der Waals surface area contributed by atoms with Gasteiger partial charge in [0.1, 0.15) is 0 Å². The van der Waals surface area contributed by atoms with Crippen molar-refractivity contribution in [3.63, 3.8) is 0 Å². The van der Waals surface area contributed by atoms with Crippen LogP contribution in [-0.2, 0) is 0 Å². The van der Waals surface area contributed by atoms with Gasteiger partial charge in [0.2, 0.25) is 0 Å². The van der Waals surface area contributed by atoms with Crippen molar-refractivity contribution in [1.82, 2.24) is 5.32 Å². The molecule has 54 valence electrons. The fraction of sp³-hybridized carbons (Fsp3) is 0.750. The average Bonchev–Trinajstić information content (AvgIpc) is 1.89. The molecular weight excluding hydrogens is 110 g/mol. The molecule has 0 fully saturated rings. The van der Waals surface area contributed by atoms with E-state index in [1.165, 1.54) is 12.8 Å². The minimum Gasteiger partial charge on any atom is -0.314 e. The van der Waals surface area contributed by atoms with Crippen molar-refractivity contribution in [2.24, 2.45) is 0 Å². The number of hydrogen-bond donors (Lipinski definition) is 1. The van der Waals surface area contributed by atoms with Gasteiger partial charge in [-0.15, -0.1) is 0 Å². The van der Waals surface area contributed by atoms with E-state index >= 15 is 0 Å². The third-order valence-corrected chi connectivity index (χ3v) is 1.34. The highest BCUT2D eigenvalue weighted by Gasteiger charge is 1.85. The van der Waals surface area contributed by atoms with Gasteiger partial charge in [-0.2, -0.15) is 0 Å². The SMILES string of the molecule is CCC/C=C\C(C)NC. The Labute approximate surface area is 58.2 Å². The van der Waals surface area contributed by atoms with E-state index in [0.29, 0.717) is 6.04 Å². The van der Waals surface area contributed by atoms with E-state index < -0.39 is 0 Å². The third kappa shape index (κ3) is 5.57. The van der Waals surface area contributed by atoms with Crippen LogP contribution in [0.1, 0.15) is 26.7 Å². The van der Waals surface area contributed by atoms with Crippen LogP contribution in [0, 0.1) is 0 Å². The highest BCUT2D eigenvalue weighted by atomic mass is 14.8. The molecule has 0 amide bonds. The van der Waals surface area contributed by atoms with Crippen molar-refractivity contribution in [3.05, 3.63) is 12.2 Å². The van der Waals surface area contributed by atoms with Gasteiger partial charge >= 0.3 is 0 Å². The maximum absolute atomic E-state index is 3.14. The summed E-state index contributed by atoms with van der Waals surface area (Å²) in [4.78, 5) is 0. The largest absolute Gasteiger partial charge is 0.314 e. The Morgan fingerprint density at radius 2 is 2.22 bits per heavy atom. The monoisotopic (exact) mass is 127 g/mol. The van der Waals surface area contributed by atoms with Crippen LogP contribution in [0.25, 0.3) is 0 Å². The zero-order valence-corrected chi connectivity index (χ0v) is 6.65. The first-order valence-corrected chi connectivity index (χ1v) is 3.65. The van der Waals surface area contributed by atoms with E-state index in [9.17, 15) is 0 Å². The van der Waals surface area contributed by atoms with Crippen molar-refractivity contribution in [3.8, 4) is 0 Å². The van der Waals surface area contributed by atoms with Crippen LogP contribution in [0.5, 0.6) is 0 Å². The van der Waals surface area contributed by atoms with Gasteiger partial charge in [0, 0.05) is 6.04 Å².